The molecule has 0 spiro atoms. The van der Waals surface area contributed by atoms with Crippen molar-refractivity contribution in [1.29, 1.82) is 0 Å². The van der Waals surface area contributed by atoms with Gasteiger partial charge in [0.1, 0.15) is 11.6 Å². The van der Waals surface area contributed by atoms with Crippen LogP contribution in [0.3, 0.4) is 0 Å². The number of carbonyl (C=O) groups is 2. The maximum Gasteiger partial charge on any atom is 0.436 e. The Kier molecular flexibility index (Phi) is 6.72. The highest BCUT2D eigenvalue weighted by Gasteiger charge is 2.23. The predicted octanol–water partition coefficient (Wildman–Crippen LogP) is 4.48. The summed E-state index contributed by atoms with van der Waals surface area (Å²) in [4.78, 5) is 28.9. The van der Waals surface area contributed by atoms with Gasteiger partial charge in [0.05, 0.1) is 25.3 Å². The van der Waals surface area contributed by atoms with Gasteiger partial charge in [0.2, 0.25) is 5.62 Å². The molecule has 8 heteroatoms. The summed E-state index contributed by atoms with van der Waals surface area (Å²) < 4.78 is 28.0. The number of nitrogens with zero attached hydrogens (tertiary/aromatic N) is 3. The predicted molar refractivity (Wildman–Crippen MR) is 121 cm³/mol. The summed E-state index contributed by atoms with van der Waals surface area (Å²) in [5, 5.41) is 0. The van der Waals surface area contributed by atoms with Gasteiger partial charge in [-0.15, -0.1) is 4.99 Å². The molecule has 0 radical (unpaired) electrons. The molecule has 0 saturated carbocycles. The Morgan fingerprint density at radius 3 is 2.70 bits per heavy atom. The molecule has 0 unspecified atom stereocenters. The van der Waals surface area contributed by atoms with Gasteiger partial charge in [-0.2, -0.15) is 0 Å². The third-order valence-corrected chi connectivity index (χ3v) is 5.49. The number of carbonyl (C=O) groups excluding carboxylic acids is 2. The van der Waals surface area contributed by atoms with E-state index < -0.39 is 6.09 Å². The number of ketones is 1. The van der Waals surface area contributed by atoms with E-state index in [2.05, 4.69) is 4.99 Å². The Morgan fingerprint density at radius 1 is 1.18 bits per heavy atom. The van der Waals surface area contributed by atoms with E-state index in [-0.39, 0.29) is 11.6 Å². The van der Waals surface area contributed by atoms with Crippen LogP contribution in [0, 0.1) is 5.82 Å². The molecule has 0 saturated heterocycles. The first kappa shape index (κ1) is 22.5. The summed E-state index contributed by atoms with van der Waals surface area (Å²) in [5.74, 6) is 0.186. The third kappa shape index (κ3) is 5.05. The fraction of sp³-hybridized carbons (Fsp3) is 0.320. The Hall–Kier alpha value is -3.68. The normalized spacial score (nSPS) is 13.5. The van der Waals surface area contributed by atoms with Gasteiger partial charge in [-0.25, -0.2) is 9.18 Å². The van der Waals surface area contributed by atoms with Crippen LogP contribution in [0.4, 0.5) is 9.18 Å². The second-order valence-electron chi connectivity index (χ2n) is 7.97. The molecule has 172 valence electrons. The summed E-state index contributed by atoms with van der Waals surface area (Å²) in [5.41, 5.74) is 3.25. The summed E-state index contributed by atoms with van der Waals surface area (Å²) in [6, 6.07) is 9.83. The molecule has 3 aromatic rings. The number of imidazole rings is 1. The maximum atomic E-state index is 13.5. The van der Waals surface area contributed by atoms with E-state index in [1.807, 2.05) is 29.8 Å². The van der Waals surface area contributed by atoms with E-state index in [1.54, 1.807) is 29.9 Å². The highest BCUT2D eigenvalue weighted by molar-refractivity contribution is 6.02. The van der Waals surface area contributed by atoms with E-state index in [0.29, 0.717) is 43.1 Å². The van der Waals surface area contributed by atoms with E-state index >= 15 is 0 Å². The standard InChI is InChI=1S/C25H26FN3O4/c1-3-4-12-33-25(31)27-24-28(2)10-11-29(24)16-17-14-20(18-5-7-19(26)8-6-18)23-21(15-17)22(30)9-13-32-23/h5-8,10-11,14-15H,3-4,9,12-13,16H2,1-2H3. The molecular weight excluding hydrogens is 425 g/mol. The fourth-order valence-electron chi connectivity index (χ4n) is 3.76. The molecule has 4 rings (SSSR count). The fourth-order valence-corrected chi connectivity index (χ4v) is 3.76. The van der Waals surface area contributed by atoms with Crippen LogP contribution in [0.25, 0.3) is 11.1 Å². The third-order valence-electron chi connectivity index (χ3n) is 5.49. The van der Waals surface area contributed by atoms with Crippen molar-refractivity contribution in [2.75, 3.05) is 13.2 Å². The van der Waals surface area contributed by atoms with Gasteiger partial charge in [0.15, 0.2) is 5.78 Å². The lowest BCUT2D eigenvalue weighted by Gasteiger charge is -2.21. The summed E-state index contributed by atoms with van der Waals surface area (Å²) in [7, 11) is 1.79. The SMILES string of the molecule is CCCCOC(=O)N=c1n(C)ccn1Cc1cc2c(c(-c3ccc(F)cc3)c1)OCCC2=O. The van der Waals surface area contributed by atoms with Gasteiger partial charge in [0, 0.05) is 31.4 Å². The van der Waals surface area contributed by atoms with E-state index in [0.717, 1.165) is 29.5 Å². The number of hydrogen-bond acceptors (Lipinski definition) is 4. The van der Waals surface area contributed by atoms with E-state index in [9.17, 15) is 14.0 Å². The molecule has 0 N–H and O–H groups in total. The molecule has 33 heavy (non-hydrogen) atoms. The molecule has 7 nitrogen and oxygen atoms in total. The highest BCUT2D eigenvalue weighted by atomic mass is 19.1. The van der Waals surface area contributed by atoms with Crippen molar-refractivity contribution in [2.24, 2.45) is 12.0 Å². The number of unbranched alkanes of at least 4 members (excludes halogenated alkanes) is 1. The average molecular weight is 451 g/mol. The van der Waals surface area contributed by atoms with Crippen molar-refractivity contribution in [3.8, 4) is 16.9 Å². The Labute approximate surface area is 191 Å². The van der Waals surface area contributed by atoms with Crippen LogP contribution in [0.2, 0.25) is 0 Å². The summed E-state index contributed by atoms with van der Waals surface area (Å²) in [6.45, 7) is 3.04. The van der Waals surface area contributed by atoms with Crippen molar-refractivity contribution in [3.63, 3.8) is 0 Å². The highest BCUT2D eigenvalue weighted by Crippen LogP contribution is 2.37. The second-order valence-corrected chi connectivity index (χ2v) is 7.97. The van der Waals surface area contributed by atoms with Gasteiger partial charge in [-0.3, -0.25) is 4.79 Å². The number of hydrogen-bond donors (Lipinski definition) is 0. The van der Waals surface area contributed by atoms with Crippen molar-refractivity contribution in [2.45, 2.75) is 32.7 Å². The molecule has 1 aliphatic heterocycles. The molecular formula is C25H26FN3O4. The first-order valence-electron chi connectivity index (χ1n) is 11.0. The molecule has 0 aliphatic carbocycles. The smallest absolute Gasteiger partial charge is 0.436 e. The molecule has 2 aromatic carbocycles. The number of benzene rings is 2. The first-order chi connectivity index (χ1) is 16.0. The number of Topliss-reactive ketones (excluding diaryl/α,β-unsaturated/α-hetero) is 1. The van der Waals surface area contributed by atoms with Crippen LogP contribution in [0.5, 0.6) is 5.75 Å². The lowest BCUT2D eigenvalue weighted by Crippen LogP contribution is -2.26. The minimum Gasteiger partial charge on any atom is -0.492 e. The van der Waals surface area contributed by atoms with Gasteiger partial charge in [0.25, 0.3) is 0 Å². The van der Waals surface area contributed by atoms with Crippen LogP contribution >= 0.6 is 0 Å². The summed E-state index contributed by atoms with van der Waals surface area (Å²) >= 11 is 0. The van der Waals surface area contributed by atoms with Crippen LogP contribution in [-0.4, -0.2) is 34.2 Å². The molecule has 1 amide bonds. The second kappa shape index (κ2) is 9.85. The molecule has 0 atom stereocenters. The lowest BCUT2D eigenvalue weighted by atomic mass is 9.94. The average Bonchev–Trinajstić information content (AvgIpc) is 3.13. The molecule has 1 aliphatic rings. The molecule has 0 fully saturated rings. The van der Waals surface area contributed by atoms with Crippen molar-refractivity contribution in [1.82, 2.24) is 9.13 Å². The Bertz CT molecular complexity index is 1240. The first-order valence-corrected chi connectivity index (χ1v) is 11.0. The number of aromatic nitrogens is 2. The number of fused-ring (bicyclic) bond motifs is 1. The van der Waals surface area contributed by atoms with E-state index in [4.69, 9.17) is 9.47 Å². The number of ether oxygens (including phenoxy) is 2. The monoisotopic (exact) mass is 451 g/mol. The molecule has 0 bridgehead atoms. The zero-order valence-corrected chi connectivity index (χ0v) is 18.7. The van der Waals surface area contributed by atoms with Crippen LogP contribution < -0.4 is 10.4 Å². The minimum atomic E-state index is -0.639. The molecule has 2 heterocycles. The summed E-state index contributed by atoms with van der Waals surface area (Å²) in [6.07, 6.45) is 4.99. The van der Waals surface area contributed by atoms with Crippen molar-refractivity contribution < 1.29 is 23.5 Å². The number of halogens is 1. The number of rotatable bonds is 6. The topological polar surface area (TPSA) is 74.8 Å². The van der Waals surface area contributed by atoms with Crippen LogP contribution in [-0.2, 0) is 18.3 Å². The maximum absolute atomic E-state index is 13.5. The lowest BCUT2D eigenvalue weighted by molar-refractivity contribution is 0.0933. The van der Waals surface area contributed by atoms with Crippen molar-refractivity contribution >= 4 is 11.9 Å². The Morgan fingerprint density at radius 2 is 1.94 bits per heavy atom. The van der Waals surface area contributed by atoms with Gasteiger partial charge >= 0.3 is 6.09 Å². The van der Waals surface area contributed by atoms with Gasteiger partial charge in [-0.05, 0) is 41.8 Å². The zero-order valence-electron chi connectivity index (χ0n) is 18.7. The van der Waals surface area contributed by atoms with Crippen molar-refractivity contribution in [3.05, 3.63) is 71.4 Å². The minimum absolute atomic E-state index is 0.00364. The number of aryl methyl sites for hydroxylation is 1. The van der Waals surface area contributed by atoms with Gasteiger partial charge in [-0.1, -0.05) is 25.5 Å². The van der Waals surface area contributed by atoms with Gasteiger partial charge < -0.3 is 18.6 Å². The quantitative estimate of drug-likeness (QED) is 0.518. The Balaban J connectivity index is 1.72. The van der Waals surface area contributed by atoms with E-state index in [1.165, 1.54) is 12.1 Å². The number of amides is 1. The van der Waals surface area contributed by atoms with Crippen LogP contribution in [0.1, 0.15) is 42.1 Å². The molecule has 1 aromatic heterocycles. The largest absolute Gasteiger partial charge is 0.492 e. The zero-order chi connectivity index (χ0) is 23.4. The van der Waals surface area contributed by atoms with Crippen LogP contribution in [0.15, 0.2) is 53.8 Å².